The normalized spacial score (nSPS) is 17.9. The Hall–Kier alpha value is -1.47. The molecule has 1 fully saturated rings. The minimum absolute atomic E-state index is 0.240. The summed E-state index contributed by atoms with van der Waals surface area (Å²) in [7, 11) is 0. The Morgan fingerprint density at radius 2 is 1.88 bits per heavy atom. The third kappa shape index (κ3) is 2.05. The smallest absolute Gasteiger partial charge is 0.232 e. The number of likely N-dealkylation sites (tertiary alicyclic amines) is 1. The summed E-state index contributed by atoms with van der Waals surface area (Å²) >= 11 is 0. The van der Waals surface area contributed by atoms with Crippen molar-refractivity contribution < 1.29 is 0 Å². The van der Waals surface area contributed by atoms with Gasteiger partial charge in [-0.1, -0.05) is 0 Å². The minimum Gasteiger partial charge on any atom is -0.297 e. The van der Waals surface area contributed by atoms with Crippen LogP contribution in [-0.4, -0.2) is 33.5 Å². The molecule has 0 amide bonds. The molecule has 1 aromatic heterocycles. The van der Waals surface area contributed by atoms with Gasteiger partial charge in [0.2, 0.25) is 5.82 Å². The molecule has 4 nitrogen and oxygen atoms in total. The summed E-state index contributed by atoms with van der Waals surface area (Å²) in [6.45, 7) is 8.77. The van der Waals surface area contributed by atoms with Gasteiger partial charge in [0, 0.05) is 36.9 Å². The zero-order chi connectivity index (χ0) is 11.8. The number of hydrogen-bond acceptors (Lipinski definition) is 4. The maximum absolute atomic E-state index is 8.60. The van der Waals surface area contributed by atoms with Crippen molar-refractivity contribution in [3.8, 4) is 6.07 Å². The van der Waals surface area contributed by atoms with Gasteiger partial charge in [0.1, 0.15) is 6.07 Å². The van der Waals surface area contributed by atoms with E-state index in [0.717, 1.165) is 18.7 Å². The zero-order valence-electron chi connectivity index (χ0n) is 9.94. The van der Waals surface area contributed by atoms with Gasteiger partial charge in [-0.3, -0.25) is 4.90 Å². The van der Waals surface area contributed by atoms with E-state index in [9.17, 15) is 0 Å². The van der Waals surface area contributed by atoms with Crippen LogP contribution in [0, 0.1) is 11.3 Å². The molecule has 1 saturated heterocycles. The Kier molecular flexibility index (Phi) is 2.64. The molecule has 0 unspecified atom stereocenters. The summed E-state index contributed by atoms with van der Waals surface area (Å²) in [6.07, 6.45) is 3.55. The summed E-state index contributed by atoms with van der Waals surface area (Å²) in [5, 5.41) is 8.60. The third-order valence-corrected chi connectivity index (χ3v) is 3.07. The van der Waals surface area contributed by atoms with Crippen LogP contribution in [0.2, 0.25) is 0 Å². The molecular weight excluding hydrogens is 200 g/mol. The molecule has 2 heterocycles. The van der Waals surface area contributed by atoms with E-state index in [1.165, 1.54) is 0 Å². The highest BCUT2D eigenvalue weighted by Gasteiger charge is 2.35. The molecule has 0 N–H and O–H groups in total. The SMILES string of the molecule is CC(C)(C)N1CC(c2cnc(C#N)nc2)C1. The van der Waals surface area contributed by atoms with Crippen LogP contribution in [0.3, 0.4) is 0 Å². The first-order valence-electron chi connectivity index (χ1n) is 5.48. The maximum Gasteiger partial charge on any atom is 0.232 e. The van der Waals surface area contributed by atoms with E-state index in [0.29, 0.717) is 5.92 Å². The second kappa shape index (κ2) is 3.84. The van der Waals surface area contributed by atoms with Crippen LogP contribution in [0.15, 0.2) is 12.4 Å². The van der Waals surface area contributed by atoms with Gasteiger partial charge in [-0.15, -0.1) is 0 Å². The number of hydrogen-bond donors (Lipinski definition) is 0. The maximum atomic E-state index is 8.60. The highest BCUT2D eigenvalue weighted by molar-refractivity contribution is 5.20. The molecule has 0 bridgehead atoms. The fourth-order valence-electron chi connectivity index (χ4n) is 1.84. The number of rotatable bonds is 1. The monoisotopic (exact) mass is 216 g/mol. The Morgan fingerprint density at radius 3 is 2.31 bits per heavy atom. The lowest BCUT2D eigenvalue weighted by atomic mass is 9.88. The van der Waals surface area contributed by atoms with Crippen molar-refractivity contribution in [3.05, 3.63) is 23.8 Å². The Labute approximate surface area is 95.9 Å². The topological polar surface area (TPSA) is 52.8 Å². The Morgan fingerprint density at radius 1 is 1.31 bits per heavy atom. The molecule has 1 aliphatic rings. The molecule has 0 atom stereocenters. The first-order valence-corrected chi connectivity index (χ1v) is 5.48. The molecule has 0 aromatic carbocycles. The summed E-state index contributed by atoms with van der Waals surface area (Å²) < 4.78 is 0. The van der Waals surface area contributed by atoms with Crippen molar-refractivity contribution >= 4 is 0 Å². The molecule has 84 valence electrons. The van der Waals surface area contributed by atoms with Gasteiger partial charge in [0.15, 0.2) is 0 Å². The van der Waals surface area contributed by atoms with Gasteiger partial charge in [0.05, 0.1) is 0 Å². The largest absolute Gasteiger partial charge is 0.297 e. The second-order valence-corrected chi connectivity index (χ2v) is 5.22. The lowest BCUT2D eigenvalue weighted by Gasteiger charge is -2.47. The molecular formula is C12H16N4. The fourth-order valence-corrected chi connectivity index (χ4v) is 1.84. The van der Waals surface area contributed by atoms with Crippen molar-refractivity contribution in [1.29, 1.82) is 5.26 Å². The van der Waals surface area contributed by atoms with Crippen LogP contribution in [-0.2, 0) is 0 Å². The van der Waals surface area contributed by atoms with Crippen molar-refractivity contribution in [2.45, 2.75) is 32.2 Å². The molecule has 1 aromatic rings. The van der Waals surface area contributed by atoms with Gasteiger partial charge >= 0.3 is 0 Å². The van der Waals surface area contributed by atoms with Crippen LogP contribution in [0.1, 0.15) is 38.1 Å². The number of nitriles is 1. The van der Waals surface area contributed by atoms with Crippen LogP contribution in [0.25, 0.3) is 0 Å². The average molecular weight is 216 g/mol. The zero-order valence-corrected chi connectivity index (χ0v) is 9.94. The Bertz CT molecular complexity index is 404. The number of aromatic nitrogens is 2. The molecule has 1 aliphatic heterocycles. The quantitative estimate of drug-likeness (QED) is 0.714. The summed E-state index contributed by atoms with van der Waals surface area (Å²) in [6, 6.07) is 1.93. The van der Waals surface area contributed by atoms with Crippen molar-refractivity contribution in [1.82, 2.24) is 14.9 Å². The lowest BCUT2D eigenvalue weighted by Crippen LogP contribution is -2.54. The predicted molar refractivity (Wildman–Crippen MR) is 60.8 cm³/mol. The van der Waals surface area contributed by atoms with E-state index in [1.54, 1.807) is 12.4 Å². The molecule has 0 radical (unpaired) electrons. The number of nitrogens with zero attached hydrogens (tertiary/aromatic N) is 4. The van der Waals surface area contributed by atoms with Crippen molar-refractivity contribution in [3.63, 3.8) is 0 Å². The molecule has 2 rings (SSSR count). The van der Waals surface area contributed by atoms with Crippen LogP contribution in [0.4, 0.5) is 0 Å². The van der Waals surface area contributed by atoms with Crippen LogP contribution >= 0.6 is 0 Å². The lowest BCUT2D eigenvalue weighted by molar-refractivity contribution is 0.0468. The predicted octanol–water partition coefficient (Wildman–Crippen LogP) is 1.55. The van der Waals surface area contributed by atoms with Gasteiger partial charge < -0.3 is 0 Å². The van der Waals surface area contributed by atoms with E-state index < -0.39 is 0 Å². The van der Waals surface area contributed by atoms with Crippen LogP contribution < -0.4 is 0 Å². The fraction of sp³-hybridized carbons (Fsp3) is 0.583. The second-order valence-electron chi connectivity index (χ2n) is 5.22. The van der Waals surface area contributed by atoms with Crippen molar-refractivity contribution in [2.75, 3.05) is 13.1 Å². The molecule has 0 spiro atoms. The Balaban J connectivity index is 1.99. The average Bonchev–Trinajstić information content (AvgIpc) is 2.14. The highest BCUT2D eigenvalue weighted by atomic mass is 15.2. The van der Waals surface area contributed by atoms with E-state index in [2.05, 4.69) is 35.6 Å². The van der Waals surface area contributed by atoms with E-state index >= 15 is 0 Å². The standard InChI is InChI=1S/C12H16N4/c1-12(2,3)16-7-10(8-16)9-5-14-11(4-13)15-6-9/h5-6,10H,7-8H2,1-3H3. The van der Waals surface area contributed by atoms with E-state index in [-0.39, 0.29) is 11.4 Å². The van der Waals surface area contributed by atoms with Gasteiger partial charge in [-0.2, -0.15) is 5.26 Å². The van der Waals surface area contributed by atoms with E-state index in [1.807, 2.05) is 6.07 Å². The molecule has 4 heteroatoms. The first-order chi connectivity index (χ1) is 7.50. The minimum atomic E-state index is 0.240. The van der Waals surface area contributed by atoms with Gasteiger partial charge in [0.25, 0.3) is 0 Å². The van der Waals surface area contributed by atoms with Gasteiger partial charge in [-0.05, 0) is 26.3 Å². The molecule has 0 saturated carbocycles. The van der Waals surface area contributed by atoms with Gasteiger partial charge in [-0.25, -0.2) is 9.97 Å². The third-order valence-electron chi connectivity index (χ3n) is 3.07. The molecule has 16 heavy (non-hydrogen) atoms. The first kappa shape index (κ1) is 11.0. The van der Waals surface area contributed by atoms with Crippen molar-refractivity contribution in [2.24, 2.45) is 0 Å². The summed E-state index contributed by atoms with van der Waals surface area (Å²) in [4.78, 5) is 10.4. The van der Waals surface area contributed by atoms with Crippen LogP contribution in [0.5, 0.6) is 0 Å². The summed E-state index contributed by atoms with van der Waals surface area (Å²) in [5.74, 6) is 0.766. The summed E-state index contributed by atoms with van der Waals surface area (Å²) in [5.41, 5.74) is 1.38. The highest BCUT2D eigenvalue weighted by Crippen LogP contribution is 2.31. The molecule has 0 aliphatic carbocycles. The van der Waals surface area contributed by atoms with E-state index in [4.69, 9.17) is 5.26 Å².